The summed E-state index contributed by atoms with van der Waals surface area (Å²) in [5.41, 5.74) is 11.1. The summed E-state index contributed by atoms with van der Waals surface area (Å²) in [7, 11) is 2.09. The maximum Gasteiger partial charge on any atom is 0.190 e. The Morgan fingerprint density at radius 2 is 1.95 bits per heavy atom. The number of thiazole rings is 1. The molecule has 1 atom stereocenters. The van der Waals surface area contributed by atoms with E-state index in [4.69, 9.17) is 10.7 Å². The van der Waals surface area contributed by atoms with Crippen LogP contribution in [0.15, 0.2) is 18.2 Å². The van der Waals surface area contributed by atoms with Crippen molar-refractivity contribution in [3.63, 3.8) is 0 Å². The fourth-order valence-electron chi connectivity index (χ4n) is 2.84. The fraction of sp³-hybridized carbons (Fsp3) is 0.438. The summed E-state index contributed by atoms with van der Waals surface area (Å²) in [5.74, 6) is 0. The van der Waals surface area contributed by atoms with Crippen LogP contribution in [-0.2, 0) is 6.42 Å². The number of anilines is 2. The predicted octanol–water partition coefficient (Wildman–Crippen LogP) is 3.86. The van der Waals surface area contributed by atoms with Crippen molar-refractivity contribution in [2.24, 2.45) is 5.73 Å². The van der Waals surface area contributed by atoms with E-state index in [9.17, 15) is 0 Å². The molecule has 20 heavy (non-hydrogen) atoms. The van der Waals surface area contributed by atoms with Crippen molar-refractivity contribution in [2.75, 3.05) is 11.9 Å². The Hall–Kier alpha value is -1.39. The zero-order valence-electron chi connectivity index (χ0n) is 12.3. The molecule has 0 fully saturated rings. The molecule has 0 aliphatic heterocycles. The minimum absolute atomic E-state index is 0.122. The molecule has 1 unspecified atom stereocenters. The second-order valence-corrected chi connectivity index (χ2v) is 6.77. The second kappa shape index (κ2) is 5.19. The molecule has 0 amide bonds. The average molecular weight is 287 g/mol. The smallest absolute Gasteiger partial charge is 0.190 e. The summed E-state index contributed by atoms with van der Waals surface area (Å²) < 4.78 is 0. The number of hydrogen-bond acceptors (Lipinski definition) is 4. The Balaban J connectivity index is 1.96. The zero-order valence-corrected chi connectivity index (χ0v) is 13.1. The SMILES string of the molecule is Cc1cc(C)cc(N(C)c2nc3c(s2)CCCC3N)c1. The van der Waals surface area contributed by atoms with Gasteiger partial charge in [0.2, 0.25) is 0 Å². The molecule has 0 spiro atoms. The van der Waals surface area contributed by atoms with Crippen LogP contribution in [0, 0.1) is 13.8 Å². The lowest BCUT2D eigenvalue weighted by atomic mass is 9.99. The van der Waals surface area contributed by atoms with Crippen LogP contribution in [0.1, 0.15) is 40.6 Å². The lowest BCUT2D eigenvalue weighted by Crippen LogP contribution is -2.17. The van der Waals surface area contributed by atoms with E-state index in [1.807, 2.05) is 0 Å². The molecule has 4 heteroatoms. The van der Waals surface area contributed by atoms with Gasteiger partial charge in [-0.05, 0) is 56.4 Å². The van der Waals surface area contributed by atoms with Gasteiger partial charge in [0, 0.05) is 23.7 Å². The number of nitrogens with two attached hydrogens (primary N) is 1. The van der Waals surface area contributed by atoms with E-state index >= 15 is 0 Å². The minimum Gasteiger partial charge on any atom is -0.323 e. The van der Waals surface area contributed by atoms with Crippen LogP contribution in [0.2, 0.25) is 0 Å². The average Bonchev–Trinajstić information content (AvgIpc) is 2.82. The highest BCUT2D eigenvalue weighted by molar-refractivity contribution is 7.15. The first-order valence-electron chi connectivity index (χ1n) is 7.12. The molecule has 3 rings (SSSR count). The summed E-state index contributed by atoms with van der Waals surface area (Å²) in [6.07, 6.45) is 3.37. The van der Waals surface area contributed by atoms with Gasteiger partial charge in [0.1, 0.15) is 0 Å². The van der Waals surface area contributed by atoms with Crippen molar-refractivity contribution in [3.8, 4) is 0 Å². The molecule has 106 valence electrons. The maximum absolute atomic E-state index is 6.17. The van der Waals surface area contributed by atoms with Crippen LogP contribution in [0.4, 0.5) is 10.8 Å². The van der Waals surface area contributed by atoms with Crippen LogP contribution < -0.4 is 10.6 Å². The van der Waals surface area contributed by atoms with Gasteiger partial charge in [0.25, 0.3) is 0 Å². The Bertz CT molecular complexity index is 612. The third-order valence-corrected chi connectivity index (χ3v) is 5.07. The zero-order chi connectivity index (χ0) is 14.3. The molecule has 1 aliphatic rings. The van der Waals surface area contributed by atoms with Gasteiger partial charge in [-0.25, -0.2) is 4.98 Å². The lowest BCUT2D eigenvalue weighted by molar-refractivity contribution is 0.564. The largest absolute Gasteiger partial charge is 0.323 e. The Morgan fingerprint density at radius 1 is 1.25 bits per heavy atom. The summed E-state index contributed by atoms with van der Waals surface area (Å²) >= 11 is 1.79. The molecule has 0 bridgehead atoms. The number of aryl methyl sites for hydroxylation is 3. The molecule has 2 N–H and O–H groups in total. The summed E-state index contributed by atoms with van der Waals surface area (Å²) in [4.78, 5) is 8.33. The molecule has 1 aliphatic carbocycles. The molecule has 1 heterocycles. The number of rotatable bonds is 2. The van der Waals surface area contributed by atoms with Crippen LogP contribution in [0.25, 0.3) is 0 Å². The van der Waals surface area contributed by atoms with Crippen molar-refractivity contribution in [1.82, 2.24) is 4.98 Å². The molecular formula is C16H21N3S. The van der Waals surface area contributed by atoms with E-state index in [1.165, 1.54) is 28.1 Å². The maximum atomic E-state index is 6.17. The third-order valence-electron chi connectivity index (χ3n) is 3.87. The third kappa shape index (κ3) is 2.45. The van der Waals surface area contributed by atoms with Crippen molar-refractivity contribution >= 4 is 22.2 Å². The summed E-state index contributed by atoms with van der Waals surface area (Å²) in [6.45, 7) is 4.26. The quantitative estimate of drug-likeness (QED) is 0.912. The molecule has 1 aromatic heterocycles. The molecule has 1 aromatic carbocycles. The normalized spacial score (nSPS) is 17.9. The van der Waals surface area contributed by atoms with Crippen molar-refractivity contribution in [3.05, 3.63) is 39.9 Å². The number of hydrogen-bond donors (Lipinski definition) is 1. The van der Waals surface area contributed by atoms with Crippen molar-refractivity contribution in [2.45, 2.75) is 39.2 Å². The Labute approximate surface area is 124 Å². The molecule has 0 saturated carbocycles. The van der Waals surface area contributed by atoms with Gasteiger partial charge in [-0.2, -0.15) is 0 Å². The number of fused-ring (bicyclic) bond motifs is 1. The Kier molecular flexibility index (Phi) is 3.52. The highest BCUT2D eigenvalue weighted by Crippen LogP contribution is 2.37. The topological polar surface area (TPSA) is 42.2 Å². The number of nitrogens with zero attached hydrogens (tertiary/aromatic N) is 2. The predicted molar refractivity (Wildman–Crippen MR) is 86.0 cm³/mol. The molecular weight excluding hydrogens is 266 g/mol. The molecule has 0 radical (unpaired) electrons. The van der Waals surface area contributed by atoms with E-state index in [2.05, 4.69) is 44.0 Å². The summed E-state index contributed by atoms with van der Waals surface area (Å²) in [5, 5.41) is 1.05. The summed E-state index contributed by atoms with van der Waals surface area (Å²) in [6, 6.07) is 6.72. The molecule has 0 saturated heterocycles. The van der Waals surface area contributed by atoms with Gasteiger partial charge in [-0.15, -0.1) is 11.3 Å². The standard InChI is InChI=1S/C16H21N3S/c1-10-7-11(2)9-12(8-10)19(3)16-18-15-13(17)5-4-6-14(15)20-16/h7-9,13H,4-6,17H2,1-3H3. The number of benzene rings is 1. The van der Waals surface area contributed by atoms with Gasteiger partial charge >= 0.3 is 0 Å². The van der Waals surface area contributed by atoms with E-state index in [-0.39, 0.29) is 6.04 Å². The van der Waals surface area contributed by atoms with Gasteiger partial charge in [-0.1, -0.05) is 6.07 Å². The first-order valence-corrected chi connectivity index (χ1v) is 7.93. The van der Waals surface area contributed by atoms with E-state index in [0.717, 1.165) is 23.7 Å². The lowest BCUT2D eigenvalue weighted by Gasteiger charge is -2.17. The second-order valence-electron chi connectivity index (χ2n) is 5.71. The first-order chi connectivity index (χ1) is 9.54. The first kappa shape index (κ1) is 13.6. The van der Waals surface area contributed by atoms with Crippen LogP contribution in [0.3, 0.4) is 0 Å². The highest BCUT2D eigenvalue weighted by atomic mass is 32.1. The van der Waals surface area contributed by atoms with E-state index in [0.29, 0.717) is 0 Å². The minimum atomic E-state index is 0.122. The van der Waals surface area contributed by atoms with Gasteiger partial charge in [0.05, 0.1) is 5.69 Å². The van der Waals surface area contributed by atoms with Crippen LogP contribution >= 0.6 is 11.3 Å². The van der Waals surface area contributed by atoms with Crippen LogP contribution in [0.5, 0.6) is 0 Å². The van der Waals surface area contributed by atoms with Crippen molar-refractivity contribution < 1.29 is 0 Å². The Morgan fingerprint density at radius 3 is 2.60 bits per heavy atom. The van der Waals surface area contributed by atoms with Gasteiger partial charge < -0.3 is 10.6 Å². The highest BCUT2D eigenvalue weighted by Gasteiger charge is 2.23. The monoisotopic (exact) mass is 287 g/mol. The van der Waals surface area contributed by atoms with E-state index in [1.54, 1.807) is 11.3 Å². The van der Waals surface area contributed by atoms with E-state index < -0.39 is 0 Å². The fourth-order valence-corrected chi connectivity index (χ4v) is 3.99. The number of aromatic nitrogens is 1. The van der Waals surface area contributed by atoms with Gasteiger partial charge in [0.15, 0.2) is 5.13 Å². The molecule has 2 aromatic rings. The van der Waals surface area contributed by atoms with Gasteiger partial charge in [-0.3, -0.25) is 0 Å². The van der Waals surface area contributed by atoms with Crippen LogP contribution in [-0.4, -0.2) is 12.0 Å². The molecule has 3 nitrogen and oxygen atoms in total. The van der Waals surface area contributed by atoms with Crippen molar-refractivity contribution in [1.29, 1.82) is 0 Å².